The van der Waals surface area contributed by atoms with Crippen LogP contribution in [0, 0.1) is 0 Å². The van der Waals surface area contributed by atoms with E-state index in [2.05, 4.69) is 33.8 Å². The van der Waals surface area contributed by atoms with E-state index in [4.69, 9.17) is 11.6 Å². The SMILES string of the molecule is CCc1nn(C)cc1Cn1c(C(C)Cl)nc2ccccc21. The number of rotatable bonds is 4. The van der Waals surface area contributed by atoms with Crippen molar-refractivity contribution in [2.75, 3.05) is 0 Å². The van der Waals surface area contributed by atoms with Gasteiger partial charge in [0.05, 0.1) is 28.6 Å². The fourth-order valence-corrected chi connectivity index (χ4v) is 2.91. The number of hydrogen-bond acceptors (Lipinski definition) is 2. The molecule has 1 aromatic carbocycles. The molecule has 0 aliphatic carbocycles. The average molecular weight is 303 g/mol. The Bertz CT molecular complexity index is 770. The summed E-state index contributed by atoms with van der Waals surface area (Å²) in [7, 11) is 1.96. The lowest BCUT2D eigenvalue weighted by Crippen LogP contribution is -2.06. The van der Waals surface area contributed by atoms with Gasteiger partial charge in [0.2, 0.25) is 0 Å². The Balaban J connectivity index is 2.12. The molecular weight excluding hydrogens is 284 g/mol. The van der Waals surface area contributed by atoms with Gasteiger partial charge < -0.3 is 4.57 Å². The summed E-state index contributed by atoms with van der Waals surface area (Å²) in [6.45, 7) is 4.84. The van der Waals surface area contributed by atoms with Gasteiger partial charge in [0.25, 0.3) is 0 Å². The van der Waals surface area contributed by atoms with Crippen LogP contribution >= 0.6 is 11.6 Å². The smallest absolute Gasteiger partial charge is 0.128 e. The third kappa shape index (κ3) is 2.56. The van der Waals surface area contributed by atoms with E-state index in [1.165, 1.54) is 5.56 Å². The summed E-state index contributed by atoms with van der Waals surface area (Å²) < 4.78 is 4.07. The van der Waals surface area contributed by atoms with Gasteiger partial charge in [-0.25, -0.2) is 4.98 Å². The Morgan fingerprint density at radius 2 is 2.05 bits per heavy atom. The highest BCUT2D eigenvalue weighted by atomic mass is 35.5. The van der Waals surface area contributed by atoms with Crippen LogP contribution in [0.2, 0.25) is 0 Å². The largest absolute Gasteiger partial charge is 0.322 e. The van der Waals surface area contributed by atoms with Gasteiger partial charge in [0.1, 0.15) is 5.82 Å². The standard InChI is InChI=1S/C16H19ClN4/c1-4-13-12(9-20(3)19-13)10-21-15-8-6-5-7-14(15)18-16(21)11(2)17/h5-9,11H,4,10H2,1-3H3. The lowest BCUT2D eigenvalue weighted by atomic mass is 10.2. The first-order valence-corrected chi connectivity index (χ1v) is 7.64. The number of fused-ring (bicyclic) bond motifs is 1. The van der Waals surface area contributed by atoms with Gasteiger partial charge in [-0.05, 0) is 25.5 Å². The summed E-state index contributed by atoms with van der Waals surface area (Å²) in [5, 5.41) is 4.39. The Labute approximate surface area is 129 Å². The molecule has 0 amide bonds. The summed E-state index contributed by atoms with van der Waals surface area (Å²) in [6.07, 6.45) is 3.00. The van der Waals surface area contributed by atoms with E-state index >= 15 is 0 Å². The summed E-state index contributed by atoms with van der Waals surface area (Å²) in [6, 6.07) is 8.16. The molecule has 21 heavy (non-hydrogen) atoms. The summed E-state index contributed by atoms with van der Waals surface area (Å²) in [5.74, 6) is 0.906. The molecule has 4 nitrogen and oxygen atoms in total. The van der Waals surface area contributed by atoms with Gasteiger partial charge in [-0.15, -0.1) is 11.6 Å². The Hall–Kier alpha value is -1.81. The van der Waals surface area contributed by atoms with Crippen LogP contribution in [0.25, 0.3) is 11.0 Å². The number of nitrogens with zero attached hydrogens (tertiary/aromatic N) is 4. The van der Waals surface area contributed by atoms with E-state index < -0.39 is 0 Å². The minimum absolute atomic E-state index is 0.126. The van der Waals surface area contributed by atoms with Crippen LogP contribution in [-0.2, 0) is 20.0 Å². The number of hydrogen-bond donors (Lipinski definition) is 0. The lowest BCUT2D eigenvalue weighted by Gasteiger charge is -2.10. The lowest BCUT2D eigenvalue weighted by molar-refractivity contribution is 0.736. The van der Waals surface area contributed by atoms with Gasteiger partial charge in [0.15, 0.2) is 0 Å². The molecule has 0 spiro atoms. The molecule has 0 fully saturated rings. The van der Waals surface area contributed by atoms with Crippen LogP contribution in [0.4, 0.5) is 0 Å². The fraction of sp³-hybridized carbons (Fsp3) is 0.375. The van der Waals surface area contributed by atoms with Crippen molar-refractivity contribution in [3.63, 3.8) is 0 Å². The number of halogens is 1. The minimum Gasteiger partial charge on any atom is -0.322 e. The molecule has 0 saturated heterocycles. The number of aromatic nitrogens is 4. The predicted octanol–water partition coefficient (Wildman–Crippen LogP) is 3.68. The van der Waals surface area contributed by atoms with E-state index in [1.54, 1.807) is 0 Å². The van der Waals surface area contributed by atoms with Crippen molar-refractivity contribution in [1.29, 1.82) is 0 Å². The third-order valence-electron chi connectivity index (χ3n) is 3.69. The van der Waals surface area contributed by atoms with Crippen molar-refractivity contribution in [3.8, 4) is 0 Å². The predicted molar refractivity (Wildman–Crippen MR) is 85.7 cm³/mol. The van der Waals surface area contributed by atoms with Crippen molar-refractivity contribution in [2.45, 2.75) is 32.2 Å². The molecule has 3 aromatic rings. The topological polar surface area (TPSA) is 35.6 Å². The molecule has 0 bridgehead atoms. The van der Waals surface area contributed by atoms with Crippen molar-refractivity contribution >= 4 is 22.6 Å². The van der Waals surface area contributed by atoms with E-state index in [-0.39, 0.29) is 5.38 Å². The first-order chi connectivity index (χ1) is 10.1. The van der Waals surface area contributed by atoms with Crippen molar-refractivity contribution < 1.29 is 0 Å². The summed E-state index contributed by atoms with van der Waals surface area (Å²) in [4.78, 5) is 4.67. The molecule has 1 atom stereocenters. The first-order valence-electron chi connectivity index (χ1n) is 7.20. The quantitative estimate of drug-likeness (QED) is 0.689. The molecule has 0 aliphatic rings. The molecule has 3 rings (SSSR count). The van der Waals surface area contributed by atoms with Crippen LogP contribution in [0.5, 0.6) is 0 Å². The van der Waals surface area contributed by atoms with Crippen LogP contribution in [0.3, 0.4) is 0 Å². The Morgan fingerprint density at radius 3 is 2.76 bits per heavy atom. The van der Waals surface area contributed by atoms with E-state index in [0.717, 1.165) is 35.5 Å². The van der Waals surface area contributed by atoms with E-state index in [9.17, 15) is 0 Å². The zero-order chi connectivity index (χ0) is 15.0. The first kappa shape index (κ1) is 14.1. The second-order valence-electron chi connectivity index (χ2n) is 5.29. The van der Waals surface area contributed by atoms with Crippen LogP contribution in [0.15, 0.2) is 30.5 Å². The second kappa shape index (κ2) is 5.53. The molecule has 110 valence electrons. The third-order valence-corrected chi connectivity index (χ3v) is 3.89. The molecule has 2 aromatic heterocycles. The maximum absolute atomic E-state index is 6.32. The number of para-hydroxylation sites is 2. The molecule has 5 heteroatoms. The highest BCUT2D eigenvalue weighted by Crippen LogP contribution is 2.26. The van der Waals surface area contributed by atoms with Crippen molar-refractivity contribution in [3.05, 3.63) is 47.5 Å². The van der Waals surface area contributed by atoms with Gasteiger partial charge >= 0.3 is 0 Å². The van der Waals surface area contributed by atoms with Crippen molar-refractivity contribution in [2.24, 2.45) is 7.05 Å². The Morgan fingerprint density at radius 1 is 1.29 bits per heavy atom. The molecule has 0 saturated carbocycles. The monoisotopic (exact) mass is 302 g/mol. The summed E-state index contributed by atoms with van der Waals surface area (Å²) in [5.41, 5.74) is 4.46. The number of imidazole rings is 1. The number of benzene rings is 1. The van der Waals surface area contributed by atoms with Gasteiger partial charge in [-0.1, -0.05) is 19.1 Å². The van der Waals surface area contributed by atoms with Gasteiger partial charge in [-0.2, -0.15) is 5.10 Å². The molecule has 0 aliphatic heterocycles. The van der Waals surface area contributed by atoms with Crippen LogP contribution in [0.1, 0.15) is 36.3 Å². The van der Waals surface area contributed by atoms with E-state index in [0.29, 0.717) is 0 Å². The zero-order valence-electron chi connectivity index (χ0n) is 12.5. The second-order valence-corrected chi connectivity index (χ2v) is 5.94. The van der Waals surface area contributed by atoms with E-state index in [1.807, 2.05) is 36.9 Å². The highest BCUT2D eigenvalue weighted by Gasteiger charge is 2.16. The molecular formula is C16H19ClN4. The molecule has 0 radical (unpaired) electrons. The normalized spacial score (nSPS) is 13.0. The minimum atomic E-state index is -0.126. The maximum Gasteiger partial charge on any atom is 0.128 e. The Kier molecular flexibility index (Phi) is 3.72. The molecule has 1 unspecified atom stereocenters. The average Bonchev–Trinajstić information content (AvgIpc) is 3.00. The fourth-order valence-electron chi connectivity index (χ4n) is 2.75. The van der Waals surface area contributed by atoms with Crippen LogP contribution in [-0.4, -0.2) is 19.3 Å². The summed E-state index contributed by atoms with van der Waals surface area (Å²) >= 11 is 6.32. The van der Waals surface area contributed by atoms with Gasteiger partial charge in [0, 0.05) is 18.8 Å². The highest BCUT2D eigenvalue weighted by molar-refractivity contribution is 6.20. The molecule has 2 heterocycles. The van der Waals surface area contributed by atoms with Gasteiger partial charge in [-0.3, -0.25) is 4.68 Å². The number of aryl methyl sites for hydroxylation is 2. The zero-order valence-corrected chi connectivity index (χ0v) is 13.3. The molecule has 0 N–H and O–H groups in total. The number of alkyl halides is 1. The maximum atomic E-state index is 6.32. The van der Waals surface area contributed by atoms with Crippen LogP contribution < -0.4 is 0 Å². The van der Waals surface area contributed by atoms with Crippen molar-refractivity contribution in [1.82, 2.24) is 19.3 Å².